The summed E-state index contributed by atoms with van der Waals surface area (Å²) in [6, 6.07) is 10.1. The van der Waals surface area contributed by atoms with Gasteiger partial charge in [-0.1, -0.05) is 6.07 Å². The standard InChI is InChI=1S/C14H13BN2O4/c1-20-11-4-5-14(12(7-11)15(18)19)21-9-10-3-2-6-17-13(10)8-16/h2-7,18-19H,9H2,1H3. The van der Waals surface area contributed by atoms with Crippen LogP contribution in [-0.2, 0) is 6.61 Å². The number of methoxy groups -OCH3 is 1. The number of rotatable bonds is 5. The molecule has 0 spiro atoms. The Morgan fingerprint density at radius 2 is 2.14 bits per heavy atom. The monoisotopic (exact) mass is 284 g/mol. The average molecular weight is 284 g/mol. The molecule has 0 fully saturated rings. The second-order valence-corrected chi connectivity index (χ2v) is 4.19. The van der Waals surface area contributed by atoms with Crippen molar-refractivity contribution in [2.24, 2.45) is 0 Å². The number of benzene rings is 1. The number of nitrogens with zero attached hydrogens (tertiary/aromatic N) is 2. The molecule has 0 saturated carbocycles. The van der Waals surface area contributed by atoms with E-state index < -0.39 is 7.12 Å². The third-order valence-corrected chi connectivity index (χ3v) is 2.88. The van der Waals surface area contributed by atoms with E-state index in [9.17, 15) is 10.0 Å². The Balaban J connectivity index is 2.22. The second-order valence-electron chi connectivity index (χ2n) is 4.19. The number of nitriles is 1. The van der Waals surface area contributed by atoms with E-state index in [0.717, 1.165) is 0 Å². The third kappa shape index (κ3) is 3.51. The summed E-state index contributed by atoms with van der Waals surface area (Å²) < 4.78 is 10.6. The van der Waals surface area contributed by atoms with Gasteiger partial charge in [0.05, 0.1) is 7.11 Å². The number of pyridine rings is 1. The van der Waals surface area contributed by atoms with Gasteiger partial charge in [0.2, 0.25) is 0 Å². The van der Waals surface area contributed by atoms with Crippen LogP contribution in [0.25, 0.3) is 0 Å². The molecule has 0 aliphatic heterocycles. The highest BCUT2D eigenvalue weighted by molar-refractivity contribution is 6.59. The summed E-state index contributed by atoms with van der Waals surface area (Å²) in [4.78, 5) is 3.93. The molecule has 0 atom stereocenters. The lowest BCUT2D eigenvalue weighted by Gasteiger charge is -2.12. The van der Waals surface area contributed by atoms with Crippen LogP contribution >= 0.6 is 0 Å². The van der Waals surface area contributed by atoms with Crippen LogP contribution in [-0.4, -0.2) is 29.3 Å². The molecule has 0 aliphatic carbocycles. The first kappa shape index (κ1) is 14.8. The average Bonchev–Trinajstić information content (AvgIpc) is 2.52. The predicted molar refractivity (Wildman–Crippen MR) is 76.1 cm³/mol. The minimum atomic E-state index is -1.68. The molecule has 0 bridgehead atoms. The molecule has 0 amide bonds. The fraction of sp³-hybridized carbons (Fsp3) is 0.143. The van der Waals surface area contributed by atoms with E-state index in [4.69, 9.17) is 14.7 Å². The van der Waals surface area contributed by atoms with Gasteiger partial charge in [-0.25, -0.2) is 4.98 Å². The Bertz CT molecular complexity index is 670. The van der Waals surface area contributed by atoms with E-state index in [1.165, 1.54) is 19.4 Å². The third-order valence-electron chi connectivity index (χ3n) is 2.88. The minimum absolute atomic E-state index is 0.1000. The van der Waals surface area contributed by atoms with Gasteiger partial charge in [0.25, 0.3) is 0 Å². The molecule has 0 radical (unpaired) electrons. The Morgan fingerprint density at radius 1 is 1.33 bits per heavy atom. The molecule has 0 aliphatic rings. The first-order valence-electron chi connectivity index (χ1n) is 6.16. The van der Waals surface area contributed by atoms with Gasteiger partial charge in [0.15, 0.2) is 0 Å². The van der Waals surface area contributed by atoms with Gasteiger partial charge in [0.1, 0.15) is 29.9 Å². The van der Waals surface area contributed by atoms with E-state index in [-0.39, 0.29) is 17.8 Å². The largest absolute Gasteiger partial charge is 0.497 e. The van der Waals surface area contributed by atoms with E-state index in [2.05, 4.69) is 4.98 Å². The van der Waals surface area contributed by atoms with Crippen LogP contribution in [0.3, 0.4) is 0 Å². The zero-order valence-corrected chi connectivity index (χ0v) is 11.4. The van der Waals surface area contributed by atoms with E-state index >= 15 is 0 Å². The van der Waals surface area contributed by atoms with E-state index in [1.807, 2.05) is 6.07 Å². The summed E-state index contributed by atoms with van der Waals surface area (Å²) in [5.74, 6) is 0.795. The Labute approximate surface area is 122 Å². The number of hydrogen-bond acceptors (Lipinski definition) is 6. The van der Waals surface area contributed by atoms with Gasteiger partial charge >= 0.3 is 7.12 Å². The maximum absolute atomic E-state index is 9.38. The summed E-state index contributed by atoms with van der Waals surface area (Å²) in [5.41, 5.74) is 1.09. The normalized spacial score (nSPS) is 9.81. The van der Waals surface area contributed by atoms with E-state index in [0.29, 0.717) is 17.1 Å². The fourth-order valence-corrected chi connectivity index (χ4v) is 1.80. The molecule has 1 aromatic heterocycles. The fourth-order valence-electron chi connectivity index (χ4n) is 1.80. The van der Waals surface area contributed by atoms with Crippen LogP contribution in [0.4, 0.5) is 0 Å². The summed E-state index contributed by atoms with van der Waals surface area (Å²) in [5, 5.41) is 27.7. The molecule has 1 aromatic carbocycles. The van der Waals surface area contributed by atoms with Gasteiger partial charge in [-0.2, -0.15) is 5.26 Å². The Kier molecular flexibility index (Phi) is 4.77. The van der Waals surface area contributed by atoms with Crippen LogP contribution in [0.2, 0.25) is 0 Å². The van der Waals surface area contributed by atoms with Crippen LogP contribution in [0.15, 0.2) is 36.5 Å². The van der Waals surface area contributed by atoms with Gasteiger partial charge in [0, 0.05) is 17.2 Å². The predicted octanol–water partition coefficient (Wildman–Crippen LogP) is 0.221. The molecule has 106 valence electrons. The lowest BCUT2D eigenvalue weighted by Crippen LogP contribution is -2.31. The summed E-state index contributed by atoms with van der Waals surface area (Å²) in [6.45, 7) is 0.1000. The molecule has 1 heterocycles. The SMILES string of the molecule is COc1ccc(OCc2cccnc2C#N)c(B(O)O)c1. The van der Waals surface area contributed by atoms with Crippen molar-refractivity contribution >= 4 is 12.6 Å². The summed E-state index contributed by atoms with van der Waals surface area (Å²) >= 11 is 0. The van der Waals surface area contributed by atoms with Crippen LogP contribution in [0.5, 0.6) is 11.5 Å². The lowest BCUT2D eigenvalue weighted by molar-refractivity contribution is 0.305. The smallest absolute Gasteiger partial charge is 0.492 e. The zero-order valence-electron chi connectivity index (χ0n) is 11.4. The highest BCUT2D eigenvalue weighted by Crippen LogP contribution is 2.17. The Hall–Kier alpha value is -2.56. The molecule has 2 rings (SSSR count). The van der Waals surface area contributed by atoms with Gasteiger partial charge in [-0.05, 0) is 24.3 Å². The molecule has 2 aromatic rings. The van der Waals surface area contributed by atoms with Gasteiger partial charge < -0.3 is 19.5 Å². The van der Waals surface area contributed by atoms with Crippen molar-refractivity contribution in [3.63, 3.8) is 0 Å². The van der Waals surface area contributed by atoms with Crippen molar-refractivity contribution in [3.05, 3.63) is 47.8 Å². The molecule has 7 heteroatoms. The van der Waals surface area contributed by atoms with Crippen molar-refractivity contribution < 1.29 is 19.5 Å². The molecule has 0 unspecified atom stereocenters. The highest BCUT2D eigenvalue weighted by Gasteiger charge is 2.18. The zero-order chi connectivity index (χ0) is 15.2. The quantitative estimate of drug-likeness (QED) is 0.763. The number of ether oxygens (including phenoxy) is 2. The van der Waals surface area contributed by atoms with Crippen LogP contribution < -0.4 is 14.9 Å². The van der Waals surface area contributed by atoms with Crippen molar-refractivity contribution in [1.82, 2.24) is 4.98 Å². The molecule has 6 nitrogen and oxygen atoms in total. The first-order valence-corrected chi connectivity index (χ1v) is 6.16. The van der Waals surface area contributed by atoms with Crippen LogP contribution in [0.1, 0.15) is 11.3 Å². The highest BCUT2D eigenvalue weighted by atomic mass is 16.5. The van der Waals surface area contributed by atoms with Crippen LogP contribution in [0, 0.1) is 11.3 Å². The topological polar surface area (TPSA) is 95.6 Å². The second kappa shape index (κ2) is 6.75. The van der Waals surface area contributed by atoms with Crippen molar-refractivity contribution in [3.8, 4) is 17.6 Å². The molecule has 21 heavy (non-hydrogen) atoms. The molecule has 2 N–H and O–H groups in total. The maximum Gasteiger partial charge on any atom is 0.492 e. The van der Waals surface area contributed by atoms with Crippen molar-refractivity contribution in [2.45, 2.75) is 6.61 Å². The molecule has 0 saturated heterocycles. The Morgan fingerprint density at radius 3 is 2.81 bits per heavy atom. The minimum Gasteiger partial charge on any atom is -0.497 e. The number of hydrogen-bond donors (Lipinski definition) is 2. The van der Waals surface area contributed by atoms with Crippen molar-refractivity contribution in [1.29, 1.82) is 5.26 Å². The first-order chi connectivity index (χ1) is 10.2. The molecular weight excluding hydrogens is 271 g/mol. The maximum atomic E-state index is 9.38. The van der Waals surface area contributed by atoms with Gasteiger partial charge in [-0.15, -0.1) is 0 Å². The molecular formula is C14H13BN2O4. The summed E-state index contributed by atoms with van der Waals surface area (Å²) in [6.07, 6.45) is 1.53. The van der Waals surface area contributed by atoms with Crippen molar-refractivity contribution in [2.75, 3.05) is 7.11 Å². The van der Waals surface area contributed by atoms with E-state index in [1.54, 1.807) is 24.3 Å². The summed E-state index contributed by atoms with van der Waals surface area (Å²) in [7, 11) is -0.197. The number of aromatic nitrogens is 1. The lowest BCUT2D eigenvalue weighted by atomic mass is 9.79. The van der Waals surface area contributed by atoms with Gasteiger partial charge in [-0.3, -0.25) is 0 Å².